The lowest BCUT2D eigenvalue weighted by Gasteiger charge is -2.40. The molecule has 0 radical (unpaired) electrons. The van der Waals surface area contributed by atoms with Crippen molar-refractivity contribution < 1.29 is 14.5 Å². The number of hydrogen-bond acceptors (Lipinski definition) is 6. The number of ether oxygens (including phenoxy) is 1. The molecule has 0 spiro atoms. The first-order valence-electron chi connectivity index (χ1n) is 9.84. The Hall–Kier alpha value is -2.74. The van der Waals surface area contributed by atoms with Gasteiger partial charge < -0.3 is 14.6 Å². The molecule has 1 aromatic heterocycles. The normalized spacial score (nSPS) is 19.7. The quantitative estimate of drug-likeness (QED) is 0.450. The first kappa shape index (κ1) is 21.0. The molecule has 0 saturated carbocycles. The molecule has 8 nitrogen and oxygen atoms in total. The summed E-state index contributed by atoms with van der Waals surface area (Å²) in [5.74, 6) is 0.158. The van der Waals surface area contributed by atoms with E-state index in [1.807, 2.05) is 0 Å². The number of aromatic nitrogens is 2. The number of imidazole rings is 1. The number of nitrogens with one attached hydrogen (secondary N) is 1. The molecule has 0 bridgehead atoms. The summed E-state index contributed by atoms with van der Waals surface area (Å²) in [6.07, 6.45) is 5.27. The molecule has 1 saturated heterocycles. The fourth-order valence-corrected chi connectivity index (χ4v) is 3.94. The monoisotopic (exact) mass is 400 g/mol. The molecular weight excluding hydrogens is 372 g/mol. The van der Waals surface area contributed by atoms with Crippen LogP contribution in [-0.2, 0) is 11.8 Å². The molecule has 1 N–H and O–H groups in total. The van der Waals surface area contributed by atoms with Crippen LogP contribution in [-0.4, -0.2) is 39.5 Å². The minimum Gasteiger partial charge on any atom is -0.379 e. The van der Waals surface area contributed by atoms with E-state index < -0.39 is 4.92 Å². The Bertz CT molecular complexity index is 900. The predicted octanol–water partition coefficient (Wildman–Crippen LogP) is 3.81. The van der Waals surface area contributed by atoms with Crippen molar-refractivity contribution in [3.63, 3.8) is 0 Å². The highest BCUT2D eigenvalue weighted by molar-refractivity contribution is 6.07. The number of rotatable bonds is 6. The van der Waals surface area contributed by atoms with E-state index in [0.29, 0.717) is 12.2 Å². The van der Waals surface area contributed by atoms with Crippen molar-refractivity contribution in [1.82, 2.24) is 9.55 Å². The van der Waals surface area contributed by atoms with Gasteiger partial charge in [0.1, 0.15) is 5.69 Å². The second-order valence-corrected chi connectivity index (χ2v) is 8.62. The summed E-state index contributed by atoms with van der Waals surface area (Å²) in [5.41, 5.74) is 0.528. The number of hydrogen-bond donors (Lipinski definition) is 1. The van der Waals surface area contributed by atoms with Crippen molar-refractivity contribution in [2.24, 2.45) is 18.4 Å². The lowest BCUT2D eigenvalue weighted by atomic mass is 9.78. The van der Waals surface area contributed by atoms with Crippen LogP contribution in [0.15, 0.2) is 30.6 Å². The zero-order chi connectivity index (χ0) is 21.2. The maximum atomic E-state index is 12.6. The fraction of sp³-hybridized carbons (Fsp3) is 0.524. The topological polar surface area (TPSA) is 99.3 Å². The minimum absolute atomic E-state index is 0.00293. The number of nitro benzene ring substituents is 1. The predicted molar refractivity (Wildman–Crippen MR) is 110 cm³/mol. The highest BCUT2D eigenvalue weighted by atomic mass is 16.6. The molecule has 0 aliphatic carbocycles. The van der Waals surface area contributed by atoms with Crippen molar-refractivity contribution in [2.75, 3.05) is 18.5 Å². The van der Waals surface area contributed by atoms with Gasteiger partial charge in [0.15, 0.2) is 5.82 Å². The van der Waals surface area contributed by atoms with Crippen LogP contribution in [0.4, 0.5) is 11.4 Å². The smallest absolute Gasteiger partial charge is 0.293 e. The second-order valence-electron chi connectivity index (χ2n) is 8.62. The zero-order valence-electron chi connectivity index (χ0n) is 17.3. The van der Waals surface area contributed by atoms with Gasteiger partial charge in [0.2, 0.25) is 5.78 Å². The summed E-state index contributed by atoms with van der Waals surface area (Å²) >= 11 is 0. The molecule has 8 heteroatoms. The summed E-state index contributed by atoms with van der Waals surface area (Å²) in [6, 6.07) is 4.52. The molecule has 156 valence electrons. The Labute approximate surface area is 170 Å². The molecule has 3 rings (SSSR count). The summed E-state index contributed by atoms with van der Waals surface area (Å²) in [5, 5.41) is 14.9. The maximum Gasteiger partial charge on any atom is 0.293 e. The van der Waals surface area contributed by atoms with Gasteiger partial charge in [0.05, 0.1) is 11.0 Å². The third kappa shape index (κ3) is 4.64. The Morgan fingerprint density at radius 3 is 2.79 bits per heavy atom. The van der Waals surface area contributed by atoms with E-state index in [1.165, 1.54) is 12.3 Å². The van der Waals surface area contributed by atoms with Crippen LogP contribution in [0, 0.1) is 21.4 Å². The van der Waals surface area contributed by atoms with Gasteiger partial charge >= 0.3 is 0 Å². The third-order valence-corrected chi connectivity index (χ3v) is 5.33. The van der Waals surface area contributed by atoms with E-state index in [9.17, 15) is 14.9 Å². The number of ketones is 1. The van der Waals surface area contributed by atoms with Gasteiger partial charge in [-0.2, -0.15) is 0 Å². The second kappa shape index (κ2) is 8.32. The average molecular weight is 400 g/mol. The Morgan fingerprint density at radius 1 is 1.41 bits per heavy atom. The molecule has 2 unspecified atom stereocenters. The van der Waals surface area contributed by atoms with Crippen molar-refractivity contribution in [2.45, 2.75) is 39.7 Å². The van der Waals surface area contributed by atoms with Gasteiger partial charge in [0, 0.05) is 50.1 Å². The number of nitrogens with zero attached hydrogens (tertiary/aromatic N) is 3. The molecule has 0 amide bonds. The van der Waals surface area contributed by atoms with Crippen molar-refractivity contribution >= 4 is 17.2 Å². The minimum atomic E-state index is -0.462. The van der Waals surface area contributed by atoms with Gasteiger partial charge in [-0.05, 0) is 30.4 Å². The Kier molecular flexibility index (Phi) is 6.02. The number of carbonyl (C=O) groups excluding carboxylic acids is 1. The lowest BCUT2D eigenvalue weighted by molar-refractivity contribution is -0.384. The molecular formula is C21H28N4O4. The third-order valence-electron chi connectivity index (χ3n) is 5.33. The van der Waals surface area contributed by atoms with E-state index in [1.54, 1.807) is 29.9 Å². The van der Waals surface area contributed by atoms with Gasteiger partial charge in [-0.25, -0.2) is 4.98 Å². The SMILES string of the molecule is Cn1ccnc1C(=O)c1ccc(NCC2CCCOC2C(C)(C)C)c([N+](=O)[O-])c1. The van der Waals surface area contributed by atoms with Gasteiger partial charge in [-0.3, -0.25) is 14.9 Å². The molecule has 29 heavy (non-hydrogen) atoms. The average Bonchev–Trinajstić information content (AvgIpc) is 3.11. The van der Waals surface area contributed by atoms with Crippen LogP contribution in [0.3, 0.4) is 0 Å². The number of benzene rings is 1. The van der Waals surface area contributed by atoms with E-state index in [2.05, 4.69) is 31.1 Å². The first-order chi connectivity index (χ1) is 13.7. The van der Waals surface area contributed by atoms with Crippen LogP contribution >= 0.6 is 0 Å². The van der Waals surface area contributed by atoms with Crippen molar-refractivity contribution in [1.29, 1.82) is 0 Å². The number of aryl methyl sites for hydroxylation is 1. The molecule has 1 aliphatic rings. The molecule has 2 aromatic rings. The van der Waals surface area contributed by atoms with Crippen LogP contribution in [0.2, 0.25) is 0 Å². The number of nitro groups is 1. The number of anilines is 1. The summed E-state index contributed by atoms with van der Waals surface area (Å²) in [6.45, 7) is 7.78. The summed E-state index contributed by atoms with van der Waals surface area (Å²) in [7, 11) is 1.71. The van der Waals surface area contributed by atoms with E-state index in [4.69, 9.17) is 4.74 Å². The largest absolute Gasteiger partial charge is 0.379 e. The van der Waals surface area contributed by atoms with Gasteiger partial charge in [-0.1, -0.05) is 20.8 Å². The van der Waals surface area contributed by atoms with E-state index >= 15 is 0 Å². The maximum absolute atomic E-state index is 12.6. The number of carbonyl (C=O) groups is 1. The standard InChI is InChI=1S/C21H28N4O4/c1-21(2,3)19-15(6-5-11-29-19)13-23-16-8-7-14(12-17(16)25(27)28)18(26)20-22-9-10-24(20)4/h7-10,12,15,19,23H,5-6,11,13H2,1-4H3. The van der Waals surface area contributed by atoms with Crippen LogP contribution < -0.4 is 5.32 Å². The highest BCUT2D eigenvalue weighted by Gasteiger charge is 2.35. The van der Waals surface area contributed by atoms with Crippen LogP contribution in [0.25, 0.3) is 0 Å². The molecule has 2 heterocycles. The van der Waals surface area contributed by atoms with E-state index in [0.717, 1.165) is 19.4 Å². The van der Waals surface area contributed by atoms with Gasteiger partial charge in [-0.15, -0.1) is 0 Å². The molecule has 1 fully saturated rings. The Balaban J connectivity index is 1.80. The van der Waals surface area contributed by atoms with Crippen molar-refractivity contribution in [3.8, 4) is 0 Å². The van der Waals surface area contributed by atoms with Gasteiger partial charge in [0.25, 0.3) is 5.69 Å². The summed E-state index contributed by atoms with van der Waals surface area (Å²) < 4.78 is 7.59. The first-order valence-corrected chi connectivity index (χ1v) is 9.84. The fourth-order valence-electron chi connectivity index (χ4n) is 3.94. The summed E-state index contributed by atoms with van der Waals surface area (Å²) in [4.78, 5) is 27.8. The molecule has 2 atom stereocenters. The lowest BCUT2D eigenvalue weighted by Crippen LogP contribution is -2.42. The van der Waals surface area contributed by atoms with E-state index in [-0.39, 0.29) is 40.3 Å². The Morgan fingerprint density at radius 2 is 2.17 bits per heavy atom. The zero-order valence-corrected chi connectivity index (χ0v) is 17.3. The highest BCUT2D eigenvalue weighted by Crippen LogP contribution is 2.35. The van der Waals surface area contributed by atoms with Crippen molar-refractivity contribution in [3.05, 3.63) is 52.1 Å². The molecule has 1 aromatic carbocycles. The van der Waals surface area contributed by atoms with Crippen LogP contribution in [0.5, 0.6) is 0 Å². The molecule has 1 aliphatic heterocycles. The van der Waals surface area contributed by atoms with Crippen LogP contribution in [0.1, 0.15) is 49.8 Å².